The second-order valence-electron chi connectivity index (χ2n) is 17.5. The largest absolute Gasteiger partial charge is 0.274 e. The molecular formula is C54H99NO3. The molecule has 0 heterocycles. The van der Waals surface area contributed by atoms with Gasteiger partial charge in [-0.1, -0.05) is 211 Å². The van der Waals surface area contributed by atoms with E-state index in [2.05, 4.69) is 57.2 Å². The van der Waals surface area contributed by atoms with Gasteiger partial charge in [-0.25, -0.2) is 4.90 Å². The van der Waals surface area contributed by atoms with Crippen LogP contribution in [-0.2, 0) is 14.4 Å². The fraction of sp³-hybridized carbons (Fsp3) is 0.833. The van der Waals surface area contributed by atoms with Gasteiger partial charge in [0.2, 0.25) is 17.7 Å². The van der Waals surface area contributed by atoms with Crippen LogP contribution in [0, 0.1) is 0 Å². The predicted molar refractivity (Wildman–Crippen MR) is 255 cm³/mol. The Morgan fingerprint density at radius 3 is 0.638 bits per heavy atom. The summed E-state index contributed by atoms with van der Waals surface area (Å²) in [5, 5.41) is 0. The molecule has 0 saturated carbocycles. The van der Waals surface area contributed by atoms with Crippen LogP contribution in [-0.4, -0.2) is 22.6 Å². The van der Waals surface area contributed by atoms with E-state index in [0.717, 1.165) is 81.9 Å². The van der Waals surface area contributed by atoms with Gasteiger partial charge in [0.25, 0.3) is 0 Å². The summed E-state index contributed by atoms with van der Waals surface area (Å²) in [6.45, 7) is 6.80. The Hall–Kier alpha value is -1.97. The molecule has 0 unspecified atom stereocenters. The molecule has 0 atom stereocenters. The second kappa shape index (κ2) is 47.7. The zero-order valence-electron chi connectivity index (χ0n) is 39.3. The number of nitrogens with zero attached hydrogens (tertiary/aromatic N) is 1. The van der Waals surface area contributed by atoms with Gasteiger partial charge < -0.3 is 0 Å². The average Bonchev–Trinajstić information content (AvgIpc) is 3.22. The molecule has 0 radical (unpaired) electrons. The SMILES string of the molecule is CCCCCCCCC=CCCCCCCCC(=O)N(C(=O)CCCCCCCC=CCCCCCCCC)C(=O)CCCCCCCC=CCCCCCCCC. The van der Waals surface area contributed by atoms with Gasteiger partial charge >= 0.3 is 0 Å². The van der Waals surface area contributed by atoms with Crippen molar-refractivity contribution in [2.75, 3.05) is 0 Å². The van der Waals surface area contributed by atoms with E-state index in [1.807, 2.05) is 0 Å². The highest BCUT2D eigenvalue weighted by atomic mass is 16.2. The van der Waals surface area contributed by atoms with Crippen molar-refractivity contribution in [2.45, 2.75) is 290 Å². The highest BCUT2D eigenvalue weighted by molar-refractivity contribution is 6.10. The Bertz CT molecular complexity index is 857. The van der Waals surface area contributed by atoms with Crippen LogP contribution in [0.25, 0.3) is 0 Å². The van der Waals surface area contributed by atoms with Crippen molar-refractivity contribution in [3.63, 3.8) is 0 Å². The average molecular weight is 810 g/mol. The minimum atomic E-state index is -0.270. The van der Waals surface area contributed by atoms with Crippen molar-refractivity contribution in [3.05, 3.63) is 36.5 Å². The maximum Gasteiger partial charge on any atom is 0.236 e. The van der Waals surface area contributed by atoms with Crippen LogP contribution < -0.4 is 0 Å². The number of hydrogen-bond donors (Lipinski definition) is 0. The van der Waals surface area contributed by atoms with Gasteiger partial charge in [0, 0.05) is 19.3 Å². The first kappa shape index (κ1) is 56.0. The molecule has 0 bridgehead atoms. The van der Waals surface area contributed by atoms with Gasteiger partial charge in [0.1, 0.15) is 0 Å². The molecule has 4 nitrogen and oxygen atoms in total. The second-order valence-corrected chi connectivity index (χ2v) is 17.5. The van der Waals surface area contributed by atoms with E-state index < -0.39 is 0 Å². The molecule has 0 N–H and O–H groups in total. The normalized spacial score (nSPS) is 11.8. The van der Waals surface area contributed by atoms with Crippen LogP contribution in [0.2, 0.25) is 0 Å². The van der Waals surface area contributed by atoms with Crippen molar-refractivity contribution in [1.29, 1.82) is 0 Å². The minimum Gasteiger partial charge on any atom is -0.274 e. The van der Waals surface area contributed by atoms with Crippen LogP contribution in [0.4, 0.5) is 0 Å². The quantitative estimate of drug-likeness (QED) is 0.0455. The maximum atomic E-state index is 13.3. The predicted octanol–water partition coefficient (Wildman–Crippen LogP) is 18.0. The third-order valence-corrected chi connectivity index (χ3v) is 11.7. The summed E-state index contributed by atoms with van der Waals surface area (Å²) in [6, 6.07) is 0. The number of unbranched alkanes of at least 4 members (excludes halogenated alkanes) is 33. The minimum absolute atomic E-state index is 0.270. The van der Waals surface area contributed by atoms with Crippen molar-refractivity contribution in [2.24, 2.45) is 0 Å². The van der Waals surface area contributed by atoms with Gasteiger partial charge in [-0.15, -0.1) is 0 Å². The van der Waals surface area contributed by atoms with Crippen LogP contribution in [0.5, 0.6) is 0 Å². The van der Waals surface area contributed by atoms with Crippen molar-refractivity contribution in [3.8, 4) is 0 Å². The molecule has 0 rings (SSSR count). The number of rotatable bonds is 45. The lowest BCUT2D eigenvalue weighted by Gasteiger charge is -2.19. The van der Waals surface area contributed by atoms with Gasteiger partial charge in [0.15, 0.2) is 0 Å². The molecule has 0 aromatic heterocycles. The van der Waals surface area contributed by atoms with Gasteiger partial charge in [-0.05, 0) is 96.3 Å². The zero-order chi connectivity index (χ0) is 42.3. The topological polar surface area (TPSA) is 54.5 Å². The molecule has 3 amide bonds. The number of carbonyl (C=O) groups is 3. The number of hydrogen-bond acceptors (Lipinski definition) is 3. The summed E-state index contributed by atoms with van der Waals surface area (Å²) in [7, 11) is 0. The third kappa shape index (κ3) is 40.8. The zero-order valence-corrected chi connectivity index (χ0v) is 39.3. The summed E-state index contributed by atoms with van der Waals surface area (Å²) in [5.74, 6) is -0.811. The number of allylic oxidation sites excluding steroid dienone is 6. The standard InChI is InChI=1S/C54H99NO3/c1-4-7-10-13-16-19-22-25-28-31-34-37-40-43-46-49-52(56)55(53(57)50-47-44-41-38-35-32-29-26-23-20-17-14-11-8-5-2)54(58)51-48-45-42-39-36-33-30-27-24-21-18-15-12-9-6-3/h25-30H,4-24,31-51H2,1-3H3. The summed E-state index contributed by atoms with van der Waals surface area (Å²) in [5.41, 5.74) is 0. The van der Waals surface area contributed by atoms with E-state index in [9.17, 15) is 14.4 Å². The van der Waals surface area contributed by atoms with E-state index in [-0.39, 0.29) is 17.7 Å². The molecule has 0 aliphatic rings. The molecule has 0 aromatic rings. The number of carbonyl (C=O) groups excluding carboxylic acids is 3. The molecule has 0 aromatic carbocycles. The van der Waals surface area contributed by atoms with E-state index >= 15 is 0 Å². The summed E-state index contributed by atoms with van der Waals surface area (Å²) < 4.78 is 0. The van der Waals surface area contributed by atoms with Crippen LogP contribution in [0.1, 0.15) is 290 Å². The van der Waals surface area contributed by atoms with Crippen molar-refractivity contribution >= 4 is 17.7 Å². The maximum absolute atomic E-state index is 13.3. The lowest BCUT2D eigenvalue weighted by molar-refractivity contribution is -0.154. The Morgan fingerprint density at radius 2 is 0.431 bits per heavy atom. The highest BCUT2D eigenvalue weighted by Crippen LogP contribution is 2.17. The molecule has 0 spiro atoms. The molecule has 338 valence electrons. The number of imide groups is 3. The molecule has 0 fully saturated rings. The Balaban J connectivity index is 4.46. The molecule has 0 aliphatic heterocycles. The lowest BCUT2D eigenvalue weighted by Crippen LogP contribution is -2.41. The first-order valence-electron chi connectivity index (χ1n) is 25.9. The Labute approximate surface area is 362 Å². The van der Waals surface area contributed by atoms with Gasteiger partial charge in [-0.3, -0.25) is 14.4 Å². The van der Waals surface area contributed by atoms with Gasteiger partial charge in [-0.2, -0.15) is 0 Å². The first-order valence-corrected chi connectivity index (χ1v) is 25.9. The molecule has 0 saturated heterocycles. The fourth-order valence-electron chi connectivity index (χ4n) is 7.79. The van der Waals surface area contributed by atoms with E-state index in [4.69, 9.17) is 0 Å². The molecule has 4 heteroatoms. The smallest absolute Gasteiger partial charge is 0.236 e. The van der Waals surface area contributed by atoms with Crippen molar-refractivity contribution in [1.82, 2.24) is 4.90 Å². The van der Waals surface area contributed by atoms with Gasteiger partial charge in [0.05, 0.1) is 0 Å². The van der Waals surface area contributed by atoms with Crippen molar-refractivity contribution < 1.29 is 14.4 Å². The fourth-order valence-corrected chi connectivity index (χ4v) is 7.79. The van der Waals surface area contributed by atoms with Crippen LogP contribution in [0.3, 0.4) is 0 Å². The van der Waals surface area contributed by atoms with E-state index in [1.54, 1.807) is 0 Å². The third-order valence-electron chi connectivity index (χ3n) is 11.7. The highest BCUT2D eigenvalue weighted by Gasteiger charge is 2.27. The summed E-state index contributed by atoms with van der Waals surface area (Å²) >= 11 is 0. The Kier molecular flexibility index (Phi) is 46.1. The van der Waals surface area contributed by atoms with E-state index in [1.165, 1.54) is 173 Å². The van der Waals surface area contributed by atoms with E-state index in [0.29, 0.717) is 19.3 Å². The molecule has 58 heavy (non-hydrogen) atoms. The van der Waals surface area contributed by atoms with Crippen LogP contribution in [0.15, 0.2) is 36.5 Å². The summed E-state index contributed by atoms with van der Waals surface area (Å²) in [4.78, 5) is 41.1. The summed E-state index contributed by atoms with van der Waals surface area (Å²) in [6.07, 6.45) is 61.9. The molecule has 0 aliphatic carbocycles. The lowest BCUT2D eigenvalue weighted by atomic mass is 10.1. The monoisotopic (exact) mass is 810 g/mol. The Morgan fingerprint density at radius 1 is 0.259 bits per heavy atom. The first-order chi connectivity index (χ1) is 28.6. The van der Waals surface area contributed by atoms with Crippen LogP contribution >= 0.6 is 0 Å². The number of amides is 3. The molecular weight excluding hydrogens is 711 g/mol.